The van der Waals surface area contributed by atoms with E-state index in [1.165, 1.54) is 15.0 Å². The van der Waals surface area contributed by atoms with Crippen molar-refractivity contribution < 1.29 is 0 Å². The van der Waals surface area contributed by atoms with Gasteiger partial charge >= 0.3 is 0 Å². The summed E-state index contributed by atoms with van der Waals surface area (Å²) in [5, 5.41) is 4.52. The van der Waals surface area contributed by atoms with Crippen molar-refractivity contribution in [2.75, 3.05) is 0 Å². The van der Waals surface area contributed by atoms with Crippen LogP contribution < -0.4 is 5.73 Å². The lowest BCUT2D eigenvalue weighted by Gasteiger charge is -2.01. The largest absolute Gasteiger partial charge is 0.319 e. The van der Waals surface area contributed by atoms with Crippen LogP contribution in [0.4, 0.5) is 0 Å². The van der Waals surface area contributed by atoms with Gasteiger partial charge in [-0.05, 0) is 30.4 Å². The molecule has 90 valence electrons. The van der Waals surface area contributed by atoms with Crippen molar-refractivity contribution in [3.05, 3.63) is 40.7 Å². The highest BCUT2D eigenvalue weighted by atomic mass is 32.1. The van der Waals surface area contributed by atoms with Crippen molar-refractivity contribution in [1.29, 1.82) is 0 Å². The number of benzene rings is 1. The quantitative estimate of drug-likeness (QED) is 0.766. The lowest BCUT2D eigenvalue weighted by atomic mass is 10.2. The van der Waals surface area contributed by atoms with Crippen LogP contribution in [0, 0.1) is 0 Å². The Balaban J connectivity index is 1.79. The first-order valence-corrected chi connectivity index (χ1v) is 7.68. The monoisotopic (exact) mass is 272 g/mol. The van der Waals surface area contributed by atoms with E-state index in [2.05, 4.69) is 35.7 Å². The summed E-state index contributed by atoms with van der Waals surface area (Å²) >= 11 is 3.49. The molecule has 1 aliphatic carbocycles. The highest BCUT2D eigenvalue weighted by molar-refractivity contribution is 7.22. The number of rotatable bonds is 2. The van der Waals surface area contributed by atoms with Gasteiger partial charge in [-0.15, -0.1) is 22.7 Å². The average Bonchev–Trinajstić information content (AvgIpc) is 2.88. The summed E-state index contributed by atoms with van der Waals surface area (Å²) in [7, 11) is 0. The third-order valence-corrected chi connectivity index (χ3v) is 5.60. The second-order valence-corrected chi connectivity index (χ2v) is 6.78. The van der Waals surface area contributed by atoms with E-state index < -0.39 is 0 Å². The first kappa shape index (κ1) is 10.7. The maximum absolute atomic E-state index is 6.19. The van der Waals surface area contributed by atoms with Gasteiger partial charge in [0.15, 0.2) is 0 Å². The van der Waals surface area contributed by atoms with Crippen LogP contribution in [0.5, 0.6) is 0 Å². The number of thiazole rings is 1. The van der Waals surface area contributed by atoms with E-state index >= 15 is 0 Å². The lowest BCUT2D eigenvalue weighted by molar-refractivity contribution is 0.732. The second-order valence-electron chi connectivity index (χ2n) is 4.84. The number of hydrogen-bond acceptors (Lipinski definition) is 4. The summed E-state index contributed by atoms with van der Waals surface area (Å²) in [6, 6.07) is 10.7. The van der Waals surface area contributed by atoms with Crippen molar-refractivity contribution in [3.8, 4) is 10.6 Å². The van der Waals surface area contributed by atoms with Crippen LogP contribution >= 0.6 is 22.7 Å². The van der Waals surface area contributed by atoms with Gasteiger partial charge in [0.1, 0.15) is 5.01 Å². The summed E-state index contributed by atoms with van der Waals surface area (Å²) in [6.07, 6.45) is 2.15. The minimum Gasteiger partial charge on any atom is -0.319 e. The summed E-state index contributed by atoms with van der Waals surface area (Å²) in [5.74, 6) is 0. The van der Waals surface area contributed by atoms with E-state index in [1.807, 2.05) is 0 Å². The topological polar surface area (TPSA) is 38.9 Å². The molecule has 0 spiro atoms. The van der Waals surface area contributed by atoms with E-state index in [4.69, 9.17) is 10.7 Å². The Morgan fingerprint density at radius 2 is 2.06 bits per heavy atom. The molecule has 0 aliphatic heterocycles. The molecule has 1 aromatic carbocycles. The maximum atomic E-state index is 6.19. The number of nitrogens with zero attached hydrogens (tertiary/aromatic N) is 1. The van der Waals surface area contributed by atoms with Crippen LogP contribution in [0.15, 0.2) is 35.7 Å². The Kier molecular flexibility index (Phi) is 2.15. The SMILES string of the molecule is NC1(c2nc(-c3cc4ccccc4s3)cs2)CC1. The fraction of sp³-hybridized carbons (Fsp3) is 0.214. The number of hydrogen-bond donors (Lipinski definition) is 1. The maximum Gasteiger partial charge on any atom is 0.113 e. The average molecular weight is 272 g/mol. The zero-order valence-electron chi connectivity index (χ0n) is 9.72. The highest BCUT2D eigenvalue weighted by Gasteiger charge is 2.42. The molecule has 0 atom stereocenters. The Bertz CT molecular complexity index is 689. The molecule has 4 rings (SSSR count). The van der Waals surface area contributed by atoms with Gasteiger partial charge in [0.25, 0.3) is 0 Å². The number of fused-ring (bicyclic) bond motifs is 1. The standard InChI is InChI=1S/C14H12N2S2/c15-14(5-6-14)13-16-10(8-17-13)12-7-9-3-1-2-4-11(9)18-12/h1-4,7-8H,5-6,15H2. The minimum absolute atomic E-state index is 0.112. The summed E-state index contributed by atoms with van der Waals surface area (Å²) in [4.78, 5) is 5.95. The summed E-state index contributed by atoms with van der Waals surface area (Å²) in [6.45, 7) is 0. The molecule has 1 fully saturated rings. The molecule has 0 unspecified atom stereocenters. The first-order chi connectivity index (χ1) is 8.74. The van der Waals surface area contributed by atoms with Crippen molar-refractivity contribution >= 4 is 32.8 Å². The van der Waals surface area contributed by atoms with Crippen LogP contribution in [0.2, 0.25) is 0 Å². The number of nitrogens with two attached hydrogens (primary N) is 1. The smallest absolute Gasteiger partial charge is 0.113 e. The number of thiophene rings is 1. The predicted octanol–water partition coefficient (Wildman–Crippen LogP) is 3.97. The molecule has 0 saturated heterocycles. The second kappa shape index (κ2) is 3.63. The molecule has 0 bridgehead atoms. The van der Waals surface area contributed by atoms with Crippen LogP contribution in [0.1, 0.15) is 17.8 Å². The molecule has 1 aliphatic rings. The van der Waals surface area contributed by atoms with E-state index in [0.717, 1.165) is 23.5 Å². The van der Waals surface area contributed by atoms with Gasteiger partial charge in [-0.1, -0.05) is 18.2 Å². The van der Waals surface area contributed by atoms with Gasteiger partial charge in [-0.25, -0.2) is 4.98 Å². The van der Waals surface area contributed by atoms with Gasteiger partial charge in [-0.3, -0.25) is 0 Å². The fourth-order valence-electron chi connectivity index (χ4n) is 2.07. The first-order valence-electron chi connectivity index (χ1n) is 5.98. The van der Waals surface area contributed by atoms with Crippen LogP contribution in [-0.4, -0.2) is 4.98 Å². The molecular formula is C14H12N2S2. The predicted molar refractivity (Wildman–Crippen MR) is 78.0 cm³/mol. The molecule has 2 N–H and O–H groups in total. The zero-order chi connectivity index (χ0) is 12.2. The Morgan fingerprint density at radius 3 is 2.83 bits per heavy atom. The molecule has 0 amide bonds. The molecule has 2 nitrogen and oxygen atoms in total. The fourth-order valence-corrected chi connectivity index (χ4v) is 4.16. The zero-order valence-corrected chi connectivity index (χ0v) is 11.4. The van der Waals surface area contributed by atoms with E-state index in [1.54, 1.807) is 22.7 Å². The molecule has 2 aromatic heterocycles. The van der Waals surface area contributed by atoms with Crippen molar-refractivity contribution in [2.45, 2.75) is 18.4 Å². The molecule has 4 heteroatoms. The van der Waals surface area contributed by atoms with Gasteiger partial charge < -0.3 is 5.73 Å². The highest BCUT2D eigenvalue weighted by Crippen LogP contribution is 2.45. The third kappa shape index (κ3) is 1.61. The number of aromatic nitrogens is 1. The summed E-state index contributed by atoms with van der Waals surface area (Å²) < 4.78 is 1.32. The van der Waals surface area contributed by atoms with Crippen molar-refractivity contribution in [2.24, 2.45) is 5.73 Å². The van der Waals surface area contributed by atoms with Gasteiger partial charge in [-0.2, -0.15) is 0 Å². The minimum atomic E-state index is -0.112. The normalized spacial score (nSPS) is 17.2. The van der Waals surface area contributed by atoms with Gasteiger partial charge in [0.2, 0.25) is 0 Å². The Labute approximate surface area is 113 Å². The summed E-state index contributed by atoms with van der Waals surface area (Å²) in [5.41, 5.74) is 7.15. The molecule has 18 heavy (non-hydrogen) atoms. The molecule has 1 saturated carbocycles. The third-order valence-electron chi connectivity index (χ3n) is 3.40. The Morgan fingerprint density at radius 1 is 1.22 bits per heavy atom. The van der Waals surface area contributed by atoms with Crippen molar-refractivity contribution in [3.63, 3.8) is 0 Å². The van der Waals surface area contributed by atoms with Crippen LogP contribution in [0.25, 0.3) is 20.7 Å². The Hall–Kier alpha value is -1.23. The van der Waals surface area contributed by atoms with Crippen LogP contribution in [0.3, 0.4) is 0 Å². The van der Waals surface area contributed by atoms with Crippen molar-refractivity contribution in [1.82, 2.24) is 4.98 Å². The lowest BCUT2D eigenvalue weighted by Crippen LogP contribution is -2.18. The molecule has 3 aromatic rings. The van der Waals surface area contributed by atoms with Gasteiger partial charge in [0.05, 0.1) is 16.1 Å². The molecule has 0 radical (unpaired) electrons. The van der Waals surface area contributed by atoms with Crippen LogP contribution in [-0.2, 0) is 5.54 Å². The molecular weight excluding hydrogens is 260 g/mol. The van der Waals surface area contributed by atoms with E-state index in [-0.39, 0.29) is 5.54 Å². The van der Waals surface area contributed by atoms with E-state index in [0.29, 0.717) is 0 Å². The van der Waals surface area contributed by atoms with E-state index in [9.17, 15) is 0 Å². The van der Waals surface area contributed by atoms with Gasteiger partial charge in [0, 0.05) is 10.1 Å². The molecule has 2 heterocycles.